The Balaban J connectivity index is 1.75. The minimum absolute atomic E-state index is 0.0561. The Morgan fingerprint density at radius 2 is 2.08 bits per heavy atom. The second-order valence-electron chi connectivity index (χ2n) is 7.32. The van der Waals surface area contributed by atoms with Gasteiger partial charge < -0.3 is 15.4 Å². The molecule has 6 heteroatoms. The van der Waals surface area contributed by atoms with Gasteiger partial charge in [-0.3, -0.25) is 4.79 Å². The normalized spacial score (nSPS) is 19.8. The number of ether oxygens (including phenoxy) is 1. The van der Waals surface area contributed by atoms with Gasteiger partial charge in [-0.25, -0.2) is 4.68 Å². The number of methoxy groups -OCH3 is 1. The molecule has 134 valence electrons. The maximum atomic E-state index is 12.9. The van der Waals surface area contributed by atoms with E-state index in [1.54, 1.807) is 18.0 Å². The molecule has 1 aromatic carbocycles. The van der Waals surface area contributed by atoms with Gasteiger partial charge in [-0.15, -0.1) is 0 Å². The molecule has 0 aliphatic carbocycles. The maximum absolute atomic E-state index is 12.9. The largest absolute Gasteiger partial charge is 0.383 e. The summed E-state index contributed by atoms with van der Waals surface area (Å²) >= 11 is 0. The molecule has 6 nitrogen and oxygen atoms in total. The van der Waals surface area contributed by atoms with Crippen molar-refractivity contribution in [1.82, 2.24) is 14.7 Å². The highest BCUT2D eigenvalue weighted by Gasteiger charge is 2.38. The predicted molar refractivity (Wildman–Crippen MR) is 97.3 cm³/mol. The second kappa shape index (κ2) is 6.88. The highest BCUT2D eigenvalue weighted by Crippen LogP contribution is 2.32. The number of hydrogen-bond donors (Lipinski definition) is 1. The van der Waals surface area contributed by atoms with Crippen LogP contribution in [-0.4, -0.2) is 46.9 Å². The van der Waals surface area contributed by atoms with Crippen LogP contribution in [0.15, 0.2) is 36.5 Å². The van der Waals surface area contributed by atoms with E-state index >= 15 is 0 Å². The molecule has 25 heavy (non-hydrogen) atoms. The van der Waals surface area contributed by atoms with Crippen molar-refractivity contribution in [3.05, 3.63) is 47.7 Å². The smallest absolute Gasteiger partial charge is 0.259 e. The van der Waals surface area contributed by atoms with Crippen LogP contribution in [0.3, 0.4) is 0 Å². The van der Waals surface area contributed by atoms with Crippen LogP contribution >= 0.6 is 0 Å². The molecular formula is C19H26N4O2. The monoisotopic (exact) mass is 342 g/mol. The number of aromatic nitrogens is 2. The van der Waals surface area contributed by atoms with Gasteiger partial charge in [0.05, 0.1) is 18.8 Å². The molecule has 0 radical (unpaired) electrons. The van der Waals surface area contributed by atoms with Crippen molar-refractivity contribution in [3.8, 4) is 0 Å². The molecule has 1 aliphatic rings. The summed E-state index contributed by atoms with van der Waals surface area (Å²) in [7, 11) is 1.73. The van der Waals surface area contributed by atoms with Crippen LogP contribution in [0, 0.1) is 5.41 Å². The van der Waals surface area contributed by atoms with Crippen molar-refractivity contribution in [2.24, 2.45) is 5.41 Å². The Bertz CT molecular complexity index is 739. The summed E-state index contributed by atoms with van der Waals surface area (Å²) in [4.78, 5) is 14.8. The maximum Gasteiger partial charge on any atom is 0.259 e. The van der Waals surface area contributed by atoms with Crippen LogP contribution in [0.4, 0.5) is 5.82 Å². The molecule has 2 heterocycles. The van der Waals surface area contributed by atoms with Crippen LogP contribution in [0.5, 0.6) is 0 Å². The van der Waals surface area contributed by atoms with Gasteiger partial charge in [-0.05, 0) is 12.0 Å². The Morgan fingerprint density at radius 3 is 2.72 bits per heavy atom. The fourth-order valence-corrected chi connectivity index (χ4v) is 3.56. The van der Waals surface area contributed by atoms with Crippen LogP contribution in [0.25, 0.3) is 0 Å². The van der Waals surface area contributed by atoms with E-state index in [0.29, 0.717) is 31.0 Å². The third kappa shape index (κ3) is 3.54. The third-order valence-corrected chi connectivity index (χ3v) is 4.99. The summed E-state index contributed by atoms with van der Waals surface area (Å²) in [6, 6.07) is 9.95. The van der Waals surface area contributed by atoms with E-state index in [1.165, 1.54) is 0 Å². The van der Waals surface area contributed by atoms with Crippen LogP contribution < -0.4 is 5.73 Å². The standard InChI is InChI=1S/C19H26N4O2/c1-19(2)13-22(10-9-16(19)25-3)18(24)15-11-21-23(17(15)20)12-14-7-5-4-6-8-14/h4-8,11,16H,9-10,12-13,20H2,1-3H3. The van der Waals surface area contributed by atoms with Crippen molar-refractivity contribution < 1.29 is 9.53 Å². The number of nitrogens with two attached hydrogens (primary N) is 1. The summed E-state index contributed by atoms with van der Waals surface area (Å²) in [6.45, 7) is 6.13. The van der Waals surface area contributed by atoms with Gasteiger partial charge in [-0.1, -0.05) is 44.2 Å². The average molecular weight is 342 g/mol. The van der Waals surface area contributed by atoms with Crippen molar-refractivity contribution in [1.29, 1.82) is 0 Å². The number of anilines is 1. The van der Waals surface area contributed by atoms with Gasteiger partial charge in [0, 0.05) is 25.6 Å². The summed E-state index contributed by atoms with van der Waals surface area (Å²) in [5.74, 6) is 0.361. The SMILES string of the molecule is COC1CCN(C(=O)c2cnn(Cc3ccccc3)c2N)CC1(C)C. The third-order valence-electron chi connectivity index (χ3n) is 4.99. The number of carbonyl (C=O) groups excluding carboxylic acids is 1. The van der Waals surface area contributed by atoms with Gasteiger partial charge in [0.15, 0.2) is 0 Å². The Morgan fingerprint density at radius 1 is 1.36 bits per heavy atom. The quantitative estimate of drug-likeness (QED) is 0.926. The number of likely N-dealkylation sites (tertiary alicyclic amines) is 1. The molecule has 0 bridgehead atoms. The number of rotatable bonds is 4. The summed E-state index contributed by atoms with van der Waals surface area (Å²) in [6.07, 6.45) is 2.57. The van der Waals surface area contributed by atoms with E-state index in [4.69, 9.17) is 10.5 Å². The van der Waals surface area contributed by atoms with Gasteiger partial charge in [-0.2, -0.15) is 5.10 Å². The Labute approximate surface area is 148 Å². The Kier molecular flexibility index (Phi) is 4.81. The molecule has 0 spiro atoms. The topological polar surface area (TPSA) is 73.4 Å². The molecule has 2 aromatic rings. The van der Waals surface area contributed by atoms with Gasteiger partial charge in [0.1, 0.15) is 11.4 Å². The first-order valence-electron chi connectivity index (χ1n) is 8.59. The van der Waals surface area contributed by atoms with E-state index < -0.39 is 0 Å². The second-order valence-corrected chi connectivity index (χ2v) is 7.32. The van der Waals surface area contributed by atoms with Crippen molar-refractivity contribution in [2.45, 2.75) is 32.9 Å². The van der Waals surface area contributed by atoms with E-state index in [0.717, 1.165) is 12.0 Å². The zero-order valence-corrected chi connectivity index (χ0v) is 15.1. The van der Waals surface area contributed by atoms with Crippen molar-refractivity contribution in [3.63, 3.8) is 0 Å². The fraction of sp³-hybridized carbons (Fsp3) is 0.474. The Hall–Kier alpha value is -2.34. The van der Waals surface area contributed by atoms with E-state index in [2.05, 4.69) is 18.9 Å². The zero-order valence-electron chi connectivity index (χ0n) is 15.1. The first-order valence-corrected chi connectivity index (χ1v) is 8.59. The van der Waals surface area contributed by atoms with Crippen LogP contribution in [0.2, 0.25) is 0 Å². The molecular weight excluding hydrogens is 316 g/mol. The summed E-state index contributed by atoms with van der Waals surface area (Å²) in [5, 5.41) is 4.31. The molecule has 1 saturated heterocycles. The van der Waals surface area contributed by atoms with Crippen LogP contribution in [-0.2, 0) is 11.3 Å². The van der Waals surface area contributed by atoms with E-state index in [-0.39, 0.29) is 17.4 Å². The molecule has 1 fully saturated rings. The van der Waals surface area contributed by atoms with Gasteiger partial charge >= 0.3 is 0 Å². The fourth-order valence-electron chi connectivity index (χ4n) is 3.56. The first-order chi connectivity index (χ1) is 11.9. The van der Waals surface area contributed by atoms with Crippen molar-refractivity contribution in [2.75, 3.05) is 25.9 Å². The summed E-state index contributed by atoms with van der Waals surface area (Å²) < 4.78 is 7.23. The number of carbonyl (C=O) groups is 1. The molecule has 1 unspecified atom stereocenters. The molecule has 1 atom stereocenters. The molecule has 2 N–H and O–H groups in total. The molecule has 1 amide bonds. The number of benzene rings is 1. The van der Waals surface area contributed by atoms with Gasteiger partial charge in [0.25, 0.3) is 5.91 Å². The lowest BCUT2D eigenvalue weighted by Crippen LogP contribution is -2.51. The number of hydrogen-bond acceptors (Lipinski definition) is 4. The van der Waals surface area contributed by atoms with Crippen molar-refractivity contribution >= 4 is 11.7 Å². The molecule has 3 rings (SSSR count). The van der Waals surface area contributed by atoms with E-state index in [9.17, 15) is 4.79 Å². The number of piperidine rings is 1. The lowest BCUT2D eigenvalue weighted by molar-refractivity contribution is -0.0443. The highest BCUT2D eigenvalue weighted by atomic mass is 16.5. The molecule has 1 aromatic heterocycles. The lowest BCUT2D eigenvalue weighted by Gasteiger charge is -2.43. The number of amides is 1. The van der Waals surface area contributed by atoms with Gasteiger partial charge in [0.2, 0.25) is 0 Å². The zero-order chi connectivity index (χ0) is 18.0. The minimum Gasteiger partial charge on any atom is -0.383 e. The highest BCUT2D eigenvalue weighted by molar-refractivity contribution is 5.98. The minimum atomic E-state index is -0.0859. The predicted octanol–water partition coefficient (Wildman–Crippen LogP) is 2.40. The molecule has 1 aliphatic heterocycles. The number of nitrogens with zero attached hydrogens (tertiary/aromatic N) is 3. The summed E-state index contributed by atoms with van der Waals surface area (Å²) in [5.41, 5.74) is 7.69. The van der Waals surface area contributed by atoms with E-state index in [1.807, 2.05) is 35.2 Å². The number of nitrogen functional groups attached to an aromatic ring is 1. The molecule has 0 saturated carbocycles. The lowest BCUT2D eigenvalue weighted by atomic mass is 9.81. The van der Waals surface area contributed by atoms with Crippen LogP contribution in [0.1, 0.15) is 36.2 Å². The first kappa shape index (κ1) is 17.5. The average Bonchev–Trinajstić information content (AvgIpc) is 2.95.